The van der Waals surface area contributed by atoms with Gasteiger partial charge in [0, 0.05) is 19.2 Å². The number of rotatable bonds is 10. The van der Waals surface area contributed by atoms with Crippen molar-refractivity contribution >= 4 is 40.9 Å². The minimum absolute atomic E-state index is 0.128. The van der Waals surface area contributed by atoms with E-state index >= 15 is 0 Å². The first kappa shape index (κ1) is 28.3. The third-order valence-electron chi connectivity index (χ3n) is 6.70. The summed E-state index contributed by atoms with van der Waals surface area (Å²) in [6.45, 7) is 2.17. The van der Waals surface area contributed by atoms with E-state index in [1.54, 1.807) is 60.2 Å². The number of ether oxygens (including phenoxy) is 1. The normalized spacial score (nSPS) is 17.5. The lowest BCUT2D eigenvalue weighted by Gasteiger charge is -2.30. The molecule has 1 aromatic carbocycles. The van der Waals surface area contributed by atoms with E-state index in [2.05, 4.69) is 15.3 Å². The summed E-state index contributed by atoms with van der Waals surface area (Å²) >= 11 is 11.9. The number of amides is 3. The Kier molecular flexibility index (Phi) is 9.01. The van der Waals surface area contributed by atoms with Gasteiger partial charge in [-0.2, -0.15) is 0 Å². The van der Waals surface area contributed by atoms with Gasteiger partial charge in [0.2, 0.25) is 11.8 Å². The highest BCUT2D eigenvalue weighted by Crippen LogP contribution is 2.40. The van der Waals surface area contributed by atoms with E-state index in [9.17, 15) is 14.4 Å². The standard InChI is InChI=1S/C27H27Cl2N5O5/c1-17(25(36)33-38)34-11-9-27(26(34)37,14-24(35)31-15-20-4-2-3-10-30-20)19-5-7-21(8-6-19)39-16-18-12-22(28)32-23(29)13-18/h2-8,10,12-13,17,38H,9,11,14-16H2,1H3,(H,31,35)(H,33,36). The van der Waals surface area contributed by atoms with Gasteiger partial charge in [0.05, 0.1) is 17.7 Å². The van der Waals surface area contributed by atoms with Crippen LogP contribution < -0.4 is 15.5 Å². The molecule has 204 valence electrons. The van der Waals surface area contributed by atoms with Crippen LogP contribution in [0.25, 0.3) is 0 Å². The predicted molar refractivity (Wildman–Crippen MR) is 143 cm³/mol. The van der Waals surface area contributed by atoms with Gasteiger partial charge in [-0.05, 0) is 60.9 Å². The number of hydrogen-bond acceptors (Lipinski definition) is 7. The van der Waals surface area contributed by atoms with Crippen molar-refractivity contribution in [2.45, 2.75) is 44.4 Å². The molecule has 2 aromatic heterocycles. The predicted octanol–water partition coefficient (Wildman–Crippen LogP) is 3.43. The molecule has 10 nitrogen and oxygen atoms in total. The molecule has 1 aliphatic rings. The largest absolute Gasteiger partial charge is 0.489 e. The minimum atomic E-state index is -1.21. The van der Waals surface area contributed by atoms with Crippen LogP contribution in [0.1, 0.15) is 36.6 Å². The zero-order chi connectivity index (χ0) is 28.0. The molecule has 3 N–H and O–H groups in total. The van der Waals surface area contributed by atoms with Crippen molar-refractivity contribution in [2.75, 3.05) is 6.54 Å². The van der Waals surface area contributed by atoms with Crippen LogP contribution in [0.4, 0.5) is 0 Å². The molecule has 4 rings (SSSR count). The van der Waals surface area contributed by atoms with E-state index in [0.717, 1.165) is 5.56 Å². The van der Waals surface area contributed by atoms with Crippen molar-refractivity contribution in [2.24, 2.45) is 0 Å². The van der Waals surface area contributed by atoms with Crippen LogP contribution in [0.15, 0.2) is 60.8 Å². The first-order valence-electron chi connectivity index (χ1n) is 12.2. The molecule has 0 radical (unpaired) electrons. The molecule has 0 spiro atoms. The van der Waals surface area contributed by atoms with E-state index < -0.39 is 17.4 Å². The third kappa shape index (κ3) is 6.65. The zero-order valence-corrected chi connectivity index (χ0v) is 22.6. The monoisotopic (exact) mass is 571 g/mol. The number of carbonyl (C=O) groups is 3. The van der Waals surface area contributed by atoms with Crippen LogP contribution in [0, 0.1) is 0 Å². The number of benzene rings is 1. The molecule has 3 aromatic rings. The highest BCUT2D eigenvalue weighted by Gasteiger charge is 2.51. The fourth-order valence-corrected chi connectivity index (χ4v) is 5.10. The maximum Gasteiger partial charge on any atom is 0.265 e. The summed E-state index contributed by atoms with van der Waals surface area (Å²) in [4.78, 5) is 48.4. The Morgan fingerprint density at radius 2 is 1.87 bits per heavy atom. The van der Waals surface area contributed by atoms with Crippen LogP contribution in [-0.4, -0.2) is 50.4 Å². The maximum atomic E-state index is 13.8. The molecule has 0 saturated carbocycles. The molecule has 1 aliphatic heterocycles. The summed E-state index contributed by atoms with van der Waals surface area (Å²) in [6, 6.07) is 14.7. The Balaban J connectivity index is 1.54. The van der Waals surface area contributed by atoms with Gasteiger partial charge in [-0.3, -0.25) is 24.6 Å². The van der Waals surface area contributed by atoms with E-state index in [-0.39, 0.29) is 48.2 Å². The van der Waals surface area contributed by atoms with E-state index in [1.807, 2.05) is 6.07 Å². The van der Waals surface area contributed by atoms with E-state index in [4.69, 9.17) is 33.1 Å². The van der Waals surface area contributed by atoms with Crippen molar-refractivity contribution < 1.29 is 24.3 Å². The number of nitrogens with one attached hydrogen (secondary N) is 2. The average Bonchev–Trinajstić information content (AvgIpc) is 3.26. The summed E-state index contributed by atoms with van der Waals surface area (Å²) in [5, 5.41) is 12.4. The lowest BCUT2D eigenvalue weighted by atomic mass is 9.75. The second-order valence-corrected chi connectivity index (χ2v) is 9.97. The number of halogens is 2. The molecule has 12 heteroatoms. The molecule has 3 amide bonds. The van der Waals surface area contributed by atoms with Crippen molar-refractivity contribution in [3.05, 3.63) is 87.9 Å². The fourth-order valence-electron chi connectivity index (χ4n) is 4.60. The highest BCUT2D eigenvalue weighted by atomic mass is 35.5. The zero-order valence-electron chi connectivity index (χ0n) is 21.1. The molecule has 0 bridgehead atoms. The summed E-state index contributed by atoms with van der Waals surface area (Å²) in [5.74, 6) is -0.880. The Morgan fingerprint density at radius 3 is 2.51 bits per heavy atom. The fraction of sp³-hybridized carbons (Fsp3) is 0.296. The molecule has 1 saturated heterocycles. The second kappa shape index (κ2) is 12.4. The summed E-state index contributed by atoms with van der Waals surface area (Å²) in [6.07, 6.45) is 1.81. The van der Waals surface area contributed by atoms with Gasteiger partial charge < -0.3 is 15.0 Å². The molecule has 3 heterocycles. The number of aromatic nitrogens is 2. The Morgan fingerprint density at radius 1 is 1.15 bits per heavy atom. The summed E-state index contributed by atoms with van der Waals surface area (Å²) in [7, 11) is 0. The van der Waals surface area contributed by atoms with Gasteiger partial charge in [0.15, 0.2) is 0 Å². The Bertz CT molecular complexity index is 1320. The van der Waals surface area contributed by atoms with Crippen molar-refractivity contribution in [3.8, 4) is 5.75 Å². The van der Waals surface area contributed by atoms with Gasteiger partial charge in [-0.1, -0.05) is 41.4 Å². The average molecular weight is 572 g/mol. The first-order valence-corrected chi connectivity index (χ1v) is 12.9. The molecule has 2 unspecified atom stereocenters. The molecule has 2 atom stereocenters. The molecule has 1 fully saturated rings. The van der Waals surface area contributed by atoms with Crippen molar-refractivity contribution in [1.82, 2.24) is 25.7 Å². The SMILES string of the molecule is CC(C(=O)NO)N1CCC(CC(=O)NCc2ccccn2)(c2ccc(OCc3cc(Cl)nc(Cl)c3)cc2)C1=O. The number of carbonyl (C=O) groups excluding carboxylic acids is 3. The van der Waals surface area contributed by atoms with E-state index in [0.29, 0.717) is 23.4 Å². The van der Waals surface area contributed by atoms with Crippen LogP contribution in [-0.2, 0) is 33.0 Å². The number of likely N-dealkylation sites (tertiary alicyclic amines) is 1. The molecule has 39 heavy (non-hydrogen) atoms. The van der Waals surface area contributed by atoms with Crippen molar-refractivity contribution in [1.29, 1.82) is 0 Å². The van der Waals surface area contributed by atoms with Gasteiger partial charge in [-0.15, -0.1) is 0 Å². The number of hydroxylamine groups is 1. The second-order valence-electron chi connectivity index (χ2n) is 9.19. The summed E-state index contributed by atoms with van der Waals surface area (Å²) < 4.78 is 5.85. The minimum Gasteiger partial charge on any atom is -0.489 e. The third-order valence-corrected chi connectivity index (χ3v) is 7.08. The lowest BCUT2D eigenvalue weighted by Crippen LogP contribution is -2.49. The Hall–Kier alpha value is -3.73. The molecular weight excluding hydrogens is 545 g/mol. The number of pyridine rings is 2. The molecule has 0 aliphatic carbocycles. The lowest BCUT2D eigenvalue weighted by molar-refractivity contribution is -0.144. The number of hydrogen-bond donors (Lipinski definition) is 3. The van der Waals surface area contributed by atoms with E-state index in [1.165, 1.54) is 11.8 Å². The van der Waals surface area contributed by atoms with Gasteiger partial charge in [-0.25, -0.2) is 10.5 Å². The Labute approximate surface area is 235 Å². The van der Waals surface area contributed by atoms with Gasteiger partial charge in [0.25, 0.3) is 5.91 Å². The summed E-state index contributed by atoms with van der Waals surface area (Å²) in [5.41, 5.74) is 2.43. The molecular formula is C27H27Cl2N5O5. The van der Waals surface area contributed by atoms with Crippen LogP contribution in [0.3, 0.4) is 0 Å². The van der Waals surface area contributed by atoms with Crippen LogP contribution in [0.5, 0.6) is 5.75 Å². The van der Waals surface area contributed by atoms with Crippen LogP contribution >= 0.6 is 23.2 Å². The topological polar surface area (TPSA) is 134 Å². The first-order chi connectivity index (χ1) is 18.7. The highest BCUT2D eigenvalue weighted by molar-refractivity contribution is 6.32. The maximum absolute atomic E-state index is 13.8. The smallest absolute Gasteiger partial charge is 0.265 e. The van der Waals surface area contributed by atoms with Gasteiger partial charge in [0.1, 0.15) is 28.7 Å². The van der Waals surface area contributed by atoms with Crippen molar-refractivity contribution in [3.63, 3.8) is 0 Å². The van der Waals surface area contributed by atoms with Crippen LogP contribution in [0.2, 0.25) is 10.3 Å². The number of nitrogens with zero attached hydrogens (tertiary/aromatic N) is 3. The van der Waals surface area contributed by atoms with Gasteiger partial charge >= 0.3 is 0 Å². The quantitative estimate of drug-likeness (QED) is 0.193.